The van der Waals surface area contributed by atoms with Crippen LogP contribution in [-0.4, -0.2) is 62.1 Å². The van der Waals surface area contributed by atoms with Gasteiger partial charge in [0.05, 0.1) is 19.0 Å². The van der Waals surface area contributed by atoms with Crippen molar-refractivity contribution in [3.8, 4) is 11.5 Å². The summed E-state index contributed by atoms with van der Waals surface area (Å²) in [6, 6.07) is 5.20. The Morgan fingerprint density at radius 1 is 1.00 bits per heavy atom. The summed E-state index contributed by atoms with van der Waals surface area (Å²) in [6.07, 6.45) is 10.4. The Bertz CT molecular complexity index is 1620. The van der Waals surface area contributed by atoms with Crippen LogP contribution in [0, 0.1) is 0 Å². The van der Waals surface area contributed by atoms with Crippen molar-refractivity contribution < 1.29 is 32.9 Å². The standard InChI is InChI=1S/C33H50N9O7P/c1-24(20-42-22-38-29-30(34)36-21-37-31(29)42)46-23-50(45,40-25(2)32(44)48-33(3,4)5)49-27-17-15-26(16-18-27)47-28(43)14-12-10-8-6-7-9-11-13-19-39-41-35/h15-18,21-22,24-25H,6-14,19-20,23H2,1-5H3,(H,40,45)(H2,34,36,37)/t24-,25+,50?/m1/s1. The summed E-state index contributed by atoms with van der Waals surface area (Å²) >= 11 is 0. The van der Waals surface area contributed by atoms with E-state index in [4.69, 9.17) is 30.0 Å². The average molecular weight is 716 g/mol. The van der Waals surface area contributed by atoms with Gasteiger partial charge in [-0.3, -0.25) is 14.2 Å². The zero-order valence-corrected chi connectivity index (χ0v) is 30.5. The van der Waals surface area contributed by atoms with Crippen LogP contribution in [0.15, 0.2) is 42.0 Å². The monoisotopic (exact) mass is 715 g/mol. The van der Waals surface area contributed by atoms with Crippen LogP contribution >= 0.6 is 7.52 Å². The lowest BCUT2D eigenvalue weighted by Gasteiger charge is -2.27. The Hall–Kier alpha value is -4.23. The molecule has 0 bridgehead atoms. The molecule has 0 saturated heterocycles. The molecule has 3 atom stereocenters. The first kappa shape index (κ1) is 40.2. The molecule has 274 valence electrons. The van der Waals surface area contributed by atoms with Gasteiger partial charge in [0.25, 0.3) is 0 Å². The van der Waals surface area contributed by atoms with E-state index in [2.05, 4.69) is 30.1 Å². The second kappa shape index (κ2) is 19.8. The van der Waals surface area contributed by atoms with Crippen molar-refractivity contribution in [2.75, 3.05) is 18.6 Å². The number of rotatable bonds is 22. The third kappa shape index (κ3) is 14.3. The van der Waals surface area contributed by atoms with Gasteiger partial charge in [0.15, 0.2) is 11.5 Å². The van der Waals surface area contributed by atoms with E-state index >= 15 is 0 Å². The van der Waals surface area contributed by atoms with Gasteiger partial charge in [0.2, 0.25) is 0 Å². The van der Waals surface area contributed by atoms with E-state index in [1.54, 1.807) is 50.7 Å². The molecule has 2 heterocycles. The Kier molecular flexibility index (Phi) is 15.9. The van der Waals surface area contributed by atoms with E-state index < -0.39 is 31.2 Å². The lowest BCUT2D eigenvalue weighted by atomic mass is 10.1. The van der Waals surface area contributed by atoms with Crippen LogP contribution in [0.1, 0.15) is 92.4 Å². The maximum atomic E-state index is 14.1. The Labute approximate surface area is 293 Å². The molecule has 0 radical (unpaired) electrons. The summed E-state index contributed by atoms with van der Waals surface area (Å²) in [7, 11) is -3.86. The number of anilines is 1. The highest BCUT2D eigenvalue weighted by Crippen LogP contribution is 2.44. The number of fused-ring (bicyclic) bond motifs is 1. The molecule has 3 aromatic rings. The normalized spacial score (nSPS) is 13.9. The average Bonchev–Trinajstić information content (AvgIpc) is 3.46. The predicted molar refractivity (Wildman–Crippen MR) is 189 cm³/mol. The van der Waals surface area contributed by atoms with Crippen molar-refractivity contribution in [1.29, 1.82) is 0 Å². The van der Waals surface area contributed by atoms with Crippen molar-refractivity contribution in [2.45, 2.75) is 117 Å². The summed E-state index contributed by atoms with van der Waals surface area (Å²) in [5.74, 6) is -0.125. The fourth-order valence-corrected chi connectivity index (χ4v) is 6.68. The fourth-order valence-electron chi connectivity index (χ4n) is 4.89. The zero-order valence-electron chi connectivity index (χ0n) is 29.6. The van der Waals surface area contributed by atoms with Crippen LogP contribution in [0.5, 0.6) is 11.5 Å². The molecule has 3 rings (SSSR count). The summed E-state index contributed by atoms with van der Waals surface area (Å²) in [6.45, 7) is 9.42. The highest BCUT2D eigenvalue weighted by atomic mass is 31.2. The largest absolute Gasteiger partial charge is 0.459 e. The molecule has 2 aromatic heterocycles. The molecule has 0 fully saturated rings. The molecular formula is C33H50N9O7P. The van der Waals surface area contributed by atoms with Crippen LogP contribution in [0.3, 0.4) is 0 Å². The quantitative estimate of drug-likeness (QED) is 0.0203. The van der Waals surface area contributed by atoms with Crippen LogP contribution in [0.4, 0.5) is 5.82 Å². The molecule has 16 nitrogen and oxygen atoms in total. The third-order valence-corrected chi connectivity index (χ3v) is 9.10. The lowest BCUT2D eigenvalue weighted by molar-refractivity contribution is -0.156. The van der Waals surface area contributed by atoms with Crippen molar-refractivity contribution in [1.82, 2.24) is 24.6 Å². The topological polar surface area (TPSA) is 219 Å². The minimum Gasteiger partial charge on any atom is -0.459 e. The molecular weight excluding hydrogens is 665 g/mol. The zero-order chi connectivity index (χ0) is 36.6. The van der Waals surface area contributed by atoms with E-state index in [0.717, 1.165) is 51.4 Å². The first-order chi connectivity index (χ1) is 23.8. The van der Waals surface area contributed by atoms with Gasteiger partial charge in [-0.05, 0) is 77.3 Å². The molecule has 0 aliphatic heterocycles. The van der Waals surface area contributed by atoms with E-state index in [1.165, 1.54) is 25.4 Å². The lowest BCUT2D eigenvalue weighted by Crippen LogP contribution is -2.39. The fraction of sp³-hybridized carbons (Fsp3) is 0.606. The number of unbranched alkanes of at least 4 members (excludes halogenated alkanes) is 7. The maximum absolute atomic E-state index is 14.1. The predicted octanol–water partition coefficient (Wildman–Crippen LogP) is 7.09. The molecule has 3 N–H and O–H groups in total. The molecule has 1 aromatic carbocycles. The van der Waals surface area contributed by atoms with Crippen LogP contribution < -0.4 is 20.1 Å². The Morgan fingerprint density at radius 3 is 2.30 bits per heavy atom. The molecule has 0 saturated carbocycles. The van der Waals surface area contributed by atoms with Gasteiger partial charge in [-0.2, -0.15) is 0 Å². The number of nitrogen functional groups attached to an aromatic ring is 1. The molecule has 50 heavy (non-hydrogen) atoms. The number of esters is 2. The number of nitrogens with one attached hydrogen (secondary N) is 1. The van der Waals surface area contributed by atoms with Gasteiger partial charge < -0.3 is 29.0 Å². The van der Waals surface area contributed by atoms with Gasteiger partial charge in [-0.1, -0.05) is 43.6 Å². The minimum atomic E-state index is -3.86. The van der Waals surface area contributed by atoms with E-state index in [-0.39, 0.29) is 23.9 Å². The van der Waals surface area contributed by atoms with Crippen molar-refractivity contribution >= 4 is 36.4 Å². The molecule has 0 amide bonds. The maximum Gasteiger partial charge on any atom is 0.342 e. The van der Waals surface area contributed by atoms with Crippen LogP contribution in [0.25, 0.3) is 21.6 Å². The first-order valence-corrected chi connectivity index (χ1v) is 18.7. The molecule has 0 aliphatic carbocycles. The van der Waals surface area contributed by atoms with E-state index in [0.29, 0.717) is 36.4 Å². The van der Waals surface area contributed by atoms with E-state index in [1.807, 2.05) is 0 Å². The van der Waals surface area contributed by atoms with Crippen molar-refractivity contribution in [3.63, 3.8) is 0 Å². The number of nitrogens with zero attached hydrogens (tertiary/aromatic N) is 7. The number of hydrogen-bond acceptors (Lipinski definition) is 12. The Balaban J connectivity index is 1.53. The number of imidazole rings is 1. The number of benzene rings is 1. The summed E-state index contributed by atoms with van der Waals surface area (Å²) < 4.78 is 38.7. The number of hydrogen-bond donors (Lipinski definition) is 2. The highest BCUT2D eigenvalue weighted by molar-refractivity contribution is 7.57. The number of carbonyl (C=O) groups excluding carboxylic acids is 2. The van der Waals surface area contributed by atoms with Crippen LogP contribution in [0.2, 0.25) is 0 Å². The number of nitrogens with two attached hydrogens (primary N) is 1. The van der Waals surface area contributed by atoms with Crippen molar-refractivity contribution in [2.24, 2.45) is 5.11 Å². The summed E-state index contributed by atoms with van der Waals surface area (Å²) in [5, 5.41) is 6.33. The Morgan fingerprint density at radius 2 is 1.64 bits per heavy atom. The highest BCUT2D eigenvalue weighted by Gasteiger charge is 2.33. The van der Waals surface area contributed by atoms with Gasteiger partial charge in [-0.25, -0.2) is 20.0 Å². The minimum absolute atomic E-state index is 0.221. The van der Waals surface area contributed by atoms with Gasteiger partial charge in [-0.15, -0.1) is 0 Å². The van der Waals surface area contributed by atoms with E-state index in [9.17, 15) is 14.2 Å². The number of aromatic nitrogens is 4. The second-order valence-corrected chi connectivity index (χ2v) is 15.1. The first-order valence-electron chi connectivity index (χ1n) is 16.9. The smallest absolute Gasteiger partial charge is 0.342 e. The molecule has 0 aliphatic rings. The third-order valence-electron chi connectivity index (χ3n) is 7.32. The molecule has 0 spiro atoms. The number of ether oxygens (including phenoxy) is 3. The van der Waals surface area contributed by atoms with Crippen LogP contribution in [-0.2, 0) is 30.2 Å². The van der Waals surface area contributed by atoms with Gasteiger partial charge >= 0.3 is 19.5 Å². The SMILES string of the molecule is C[C@H](Cn1cnc2c(N)ncnc21)OCP(=O)(N[C@@H](C)C(=O)OC(C)(C)C)Oc1ccc(OC(=O)CCCCCCCCCCN=[N+]=[N-])cc1. The molecule has 1 unspecified atom stereocenters. The summed E-state index contributed by atoms with van der Waals surface area (Å²) in [5.41, 5.74) is 14.4. The van der Waals surface area contributed by atoms with Gasteiger partial charge in [0, 0.05) is 17.9 Å². The number of azide groups is 1. The number of carbonyl (C=O) groups is 2. The second-order valence-electron chi connectivity index (χ2n) is 13.1. The molecule has 17 heteroatoms. The van der Waals surface area contributed by atoms with Crippen molar-refractivity contribution in [3.05, 3.63) is 47.4 Å². The summed E-state index contributed by atoms with van der Waals surface area (Å²) in [4.78, 5) is 40.3. The van der Waals surface area contributed by atoms with Gasteiger partial charge in [0.1, 0.15) is 41.3 Å².